The average molecular weight is 328 g/mol. The lowest BCUT2D eigenvalue weighted by molar-refractivity contribution is -0.119. The molecule has 1 saturated heterocycles. The zero-order valence-electron chi connectivity index (χ0n) is 13.7. The Morgan fingerprint density at radius 2 is 2.21 bits per heavy atom. The SMILES string of the molecule is COc1cccc(C(=O)N2CCC(C(=O)Nc3cnn(C)c3)C2)c1. The fourth-order valence-electron chi connectivity index (χ4n) is 2.83. The number of ether oxygens (including phenoxy) is 1. The maximum absolute atomic E-state index is 12.6. The van der Waals surface area contributed by atoms with Gasteiger partial charge in [0, 0.05) is 31.9 Å². The van der Waals surface area contributed by atoms with Crippen molar-refractivity contribution in [3.63, 3.8) is 0 Å². The fraction of sp³-hybridized carbons (Fsp3) is 0.353. The number of nitrogens with one attached hydrogen (secondary N) is 1. The molecule has 1 aromatic carbocycles. The number of methoxy groups -OCH3 is 1. The van der Waals surface area contributed by atoms with E-state index in [1.807, 2.05) is 0 Å². The molecular formula is C17H20N4O3. The Morgan fingerprint density at radius 3 is 2.92 bits per heavy atom. The van der Waals surface area contributed by atoms with E-state index in [1.165, 1.54) is 0 Å². The van der Waals surface area contributed by atoms with E-state index in [0.717, 1.165) is 0 Å². The van der Waals surface area contributed by atoms with Crippen LogP contribution in [0.3, 0.4) is 0 Å². The van der Waals surface area contributed by atoms with Crippen LogP contribution in [0.4, 0.5) is 5.69 Å². The van der Waals surface area contributed by atoms with Gasteiger partial charge in [0.1, 0.15) is 5.75 Å². The van der Waals surface area contributed by atoms with E-state index in [0.29, 0.717) is 36.5 Å². The second kappa shape index (κ2) is 6.74. The van der Waals surface area contributed by atoms with Crippen LogP contribution in [0.15, 0.2) is 36.7 Å². The van der Waals surface area contributed by atoms with Crippen LogP contribution in [0, 0.1) is 5.92 Å². The normalized spacial score (nSPS) is 16.9. The number of anilines is 1. The Balaban J connectivity index is 1.61. The highest BCUT2D eigenvalue weighted by Crippen LogP contribution is 2.22. The molecule has 2 heterocycles. The predicted octanol–water partition coefficient (Wildman–Crippen LogP) is 1.53. The van der Waals surface area contributed by atoms with Gasteiger partial charge in [-0.2, -0.15) is 5.10 Å². The van der Waals surface area contributed by atoms with Crippen molar-refractivity contribution in [1.82, 2.24) is 14.7 Å². The van der Waals surface area contributed by atoms with Gasteiger partial charge in [0.15, 0.2) is 0 Å². The maximum Gasteiger partial charge on any atom is 0.254 e. The molecule has 7 nitrogen and oxygen atoms in total. The number of benzene rings is 1. The molecule has 24 heavy (non-hydrogen) atoms. The summed E-state index contributed by atoms with van der Waals surface area (Å²) in [6, 6.07) is 7.05. The third-order valence-electron chi connectivity index (χ3n) is 4.14. The molecule has 1 unspecified atom stereocenters. The Bertz CT molecular complexity index is 756. The number of hydrogen-bond donors (Lipinski definition) is 1. The molecule has 1 aromatic heterocycles. The zero-order valence-corrected chi connectivity index (χ0v) is 13.7. The lowest BCUT2D eigenvalue weighted by atomic mass is 10.1. The van der Waals surface area contributed by atoms with Gasteiger partial charge in [0.05, 0.1) is 24.9 Å². The first-order valence-electron chi connectivity index (χ1n) is 7.79. The second-order valence-corrected chi connectivity index (χ2v) is 5.86. The van der Waals surface area contributed by atoms with E-state index in [2.05, 4.69) is 10.4 Å². The van der Waals surface area contributed by atoms with Crippen LogP contribution in [-0.2, 0) is 11.8 Å². The Labute approximate surface area is 140 Å². The first kappa shape index (κ1) is 16.0. The lowest BCUT2D eigenvalue weighted by Gasteiger charge is -2.16. The van der Waals surface area contributed by atoms with Crippen LogP contribution in [0.25, 0.3) is 0 Å². The number of carbonyl (C=O) groups is 2. The number of aryl methyl sites for hydroxylation is 1. The highest BCUT2D eigenvalue weighted by molar-refractivity contribution is 5.97. The Morgan fingerprint density at radius 1 is 1.38 bits per heavy atom. The minimum atomic E-state index is -0.209. The Hall–Kier alpha value is -2.83. The summed E-state index contributed by atoms with van der Waals surface area (Å²) in [6.45, 7) is 0.989. The molecule has 0 spiro atoms. The van der Waals surface area contributed by atoms with Crippen molar-refractivity contribution in [3.8, 4) is 5.75 Å². The first-order valence-corrected chi connectivity index (χ1v) is 7.79. The molecule has 0 aliphatic carbocycles. The first-order chi connectivity index (χ1) is 11.6. The van der Waals surface area contributed by atoms with Crippen LogP contribution < -0.4 is 10.1 Å². The minimum absolute atomic E-state index is 0.0782. The number of amides is 2. The molecule has 0 saturated carbocycles. The van der Waals surface area contributed by atoms with Crippen LogP contribution in [0.5, 0.6) is 5.75 Å². The van der Waals surface area contributed by atoms with E-state index in [9.17, 15) is 9.59 Å². The predicted molar refractivity (Wildman–Crippen MR) is 88.8 cm³/mol. The van der Waals surface area contributed by atoms with E-state index in [-0.39, 0.29) is 17.7 Å². The summed E-state index contributed by atoms with van der Waals surface area (Å²) < 4.78 is 6.78. The number of rotatable bonds is 4. The topological polar surface area (TPSA) is 76.5 Å². The zero-order chi connectivity index (χ0) is 17.1. The number of carbonyl (C=O) groups excluding carboxylic acids is 2. The van der Waals surface area contributed by atoms with Crippen molar-refractivity contribution >= 4 is 17.5 Å². The van der Waals surface area contributed by atoms with Gasteiger partial charge in [0.2, 0.25) is 5.91 Å². The minimum Gasteiger partial charge on any atom is -0.497 e. The summed E-state index contributed by atoms with van der Waals surface area (Å²) in [5, 5.41) is 6.86. The molecular weight excluding hydrogens is 308 g/mol. The summed E-state index contributed by atoms with van der Waals surface area (Å²) in [6.07, 6.45) is 4.00. The maximum atomic E-state index is 12.6. The summed E-state index contributed by atoms with van der Waals surface area (Å²) in [7, 11) is 3.36. The summed E-state index contributed by atoms with van der Waals surface area (Å²) in [5.74, 6) is 0.278. The van der Waals surface area contributed by atoms with E-state index in [1.54, 1.807) is 60.4 Å². The van der Waals surface area contributed by atoms with Gasteiger partial charge in [-0.15, -0.1) is 0 Å². The molecule has 1 N–H and O–H groups in total. The molecule has 0 bridgehead atoms. The van der Waals surface area contributed by atoms with Crippen molar-refractivity contribution in [2.75, 3.05) is 25.5 Å². The number of hydrogen-bond acceptors (Lipinski definition) is 4. The molecule has 1 aliphatic rings. The van der Waals surface area contributed by atoms with Crippen LogP contribution in [0.1, 0.15) is 16.8 Å². The Kier molecular flexibility index (Phi) is 4.50. The summed E-state index contributed by atoms with van der Waals surface area (Å²) in [4.78, 5) is 26.6. The van der Waals surface area contributed by atoms with Crippen LogP contribution in [-0.4, -0.2) is 46.7 Å². The number of likely N-dealkylation sites (tertiary alicyclic amines) is 1. The van der Waals surface area contributed by atoms with Crippen molar-refractivity contribution in [1.29, 1.82) is 0 Å². The van der Waals surface area contributed by atoms with Crippen molar-refractivity contribution in [2.24, 2.45) is 13.0 Å². The lowest BCUT2D eigenvalue weighted by Crippen LogP contribution is -2.31. The summed E-state index contributed by atoms with van der Waals surface area (Å²) in [5.41, 5.74) is 1.24. The van der Waals surface area contributed by atoms with Gasteiger partial charge >= 0.3 is 0 Å². The molecule has 1 aliphatic heterocycles. The monoisotopic (exact) mass is 328 g/mol. The van der Waals surface area contributed by atoms with Gasteiger partial charge in [-0.3, -0.25) is 14.3 Å². The molecule has 3 rings (SSSR count). The number of nitrogens with zero attached hydrogens (tertiary/aromatic N) is 3. The third-order valence-corrected chi connectivity index (χ3v) is 4.14. The average Bonchev–Trinajstić information content (AvgIpc) is 3.23. The van der Waals surface area contributed by atoms with Crippen molar-refractivity contribution in [3.05, 3.63) is 42.2 Å². The van der Waals surface area contributed by atoms with Gasteiger partial charge in [-0.1, -0.05) is 6.07 Å². The van der Waals surface area contributed by atoms with Crippen molar-refractivity contribution < 1.29 is 14.3 Å². The van der Waals surface area contributed by atoms with Gasteiger partial charge < -0.3 is 15.0 Å². The van der Waals surface area contributed by atoms with Crippen LogP contribution >= 0.6 is 0 Å². The fourth-order valence-corrected chi connectivity index (χ4v) is 2.83. The largest absolute Gasteiger partial charge is 0.497 e. The molecule has 2 aromatic rings. The smallest absolute Gasteiger partial charge is 0.254 e. The van der Waals surface area contributed by atoms with Crippen LogP contribution in [0.2, 0.25) is 0 Å². The van der Waals surface area contributed by atoms with Gasteiger partial charge in [-0.25, -0.2) is 0 Å². The van der Waals surface area contributed by atoms with E-state index < -0.39 is 0 Å². The number of aromatic nitrogens is 2. The highest BCUT2D eigenvalue weighted by Gasteiger charge is 2.31. The third kappa shape index (κ3) is 3.40. The van der Waals surface area contributed by atoms with E-state index >= 15 is 0 Å². The second-order valence-electron chi connectivity index (χ2n) is 5.86. The van der Waals surface area contributed by atoms with Crippen molar-refractivity contribution in [2.45, 2.75) is 6.42 Å². The molecule has 0 radical (unpaired) electrons. The van der Waals surface area contributed by atoms with Gasteiger partial charge in [-0.05, 0) is 24.6 Å². The van der Waals surface area contributed by atoms with E-state index in [4.69, 9.17) is 4.74 Å². The quantitative estimate of drug-likeness (QED) is 0.923. The molecule has 1 atom stereocenters. The standard InChI is InChI=1S/C17H20N4O3/c1-20-11-14(9-18-20)19-16(22)13-6-7-21(10-13)17(23)12-4-3-5-15(8-12)24-2/h3-5,8-9,11,13H,6-7,10H2,1-2H3,(H,19,22). The molecule has 126 valence electrons. The highest BCUT2D eigenvalue weighted by atomic mass is 16.5. The molecule has 1 fully saturated rings. The molecule has 2 amide bonds. The molecule has 7 heteroatoms. The summed E-state index contributed by atoms with van der Waals surface area (Å²) >= 11 is 0. The van der Waals surface area contributed by atoms with Gasteiger partial charge in [0.25, 0.3) is 5.91 Å².